The van der Waals surface area contributed by atoms with Crippen molar-refractivity contribution in [3.05, 3.63) is 0 Å². The van der Waals surface area contributed by atoms with Gasteiger partial charge in [-0.2, -0.15) is 0 Å². The molecule has 0 aromatic rings. The van der Waals surface area contributed by atoms with Gasteiger partial charge < -0.3 is 10.6 Å². The molecule has 1 unspecified atom stereocenters. The first-order valence-corrected chi connectivity index (χ1v) is 5.74. The molecule has 4 nitrogen and oxygen atoms in total. The minimum Gasteiger partial charge on any atom is -0.352 e. The van der Waals surface area contributed by atoms with E-state index in [-0.39, 0.29) is 18.4 Å². The van der Waals surface area contributed by atoms with Gasteiger partial charge in [0, 0.05) is 6.04 Å². The van der Waals surface area contributed by atoms with Gasteiger partial charge in [-0.25, -0.2) is 0 Å². The van der Waals surface area contributed by atoms with Crippen molar-refractivity contribution in [3.8, 4) is 0 Å². The molecule has 0 bridgehead atoms. The Morgan fingerprint density at radius 3 is 2.53 bits per heavy atom. The van der Waals surface area contributed by atoms with E-state index >= 15 is 0 Å². The summed E-state index contributed by atoms with van der Waals surface area (Å²) in [7, 11) is 0. The molecular weight excluding hydrogens is 216 g/mol. The largest absolute Gasteiger partial charge is 0.352 e. The van der Waals surface area contributed by atoms with Crippen molar-refractivity contribution < 1.29 is 9.59 Å². The SMILES string of the molecule is CC(Cl)C(=O)NCC(=O)NC1CCCC1. The zero-order valence-electron chi connectivity index (χ0n) is 8.88. The fraction of sp³-hybridized carbons (Fsp3) is 0.800. The molecule has 1 fully saturated rings. The van der Waals surface area contributed by atoms with Crippen molar-refractivity contribution in [1.82, 2.24) is 10.6 Å². The number of rotatable bonds is 4. The van der Waals surface area contributed by atoms with Crippen LogP contribution < -0.4 is 10.6 Å². The predicted octanol–water partition coefficient (Wildman–Crippen LogP) is 0.789. The Hall–Kier alpha value is -0.770. The fourth-order valence-corrected chi connectivity index (χ4v) is 1.73. The van der Waals surface area contributed by atoms with Gasteiger partial charge >= 0.3 is 0 Å². The summed E-state index contributed by atoms with van der Waals surface area (Å²) in [5, 5.41) is 4.76. The Balaban J connectivity index is 2.15. The second kappa shape index (κ2) is 5.95. The topological polar surface area (TPSA) is 58.2 Å². The summed E-state index contributed by atoms with van der Waals surface area (Å²) in [5.74, 6) is -0.439. The Bertz CT molecular complexity index is 238. The van der Waals surface area contributed by atoms with Crippen LogP contribution in [0.4, 0.5) is 0 Å². The van der Waals surface area contributed by atoms with Crippen LogP contribution in [0, 0.1) is 0 Å². The Morgan fingerprint density at radius 2 is 2.00 bits per heavy atom. The molecule has 0 aromatic heterocycles. The van der Waals surface area contributed by atoms with Crippen LogP contribution in [0.15, 0.2) is 0 Å². The number of carbonyl (C=O) groups is 2. The van der Waals surface area contributed by atoms with Crippen LogP contribution in [-0.4, -0.2) is 29.8 Å². The van der Waals surface area contributed by atoms with Crippen molar-refractivity contribution in [2.45, 2.75) is 44.0 Å². The molecular formula is C10H17ClN2O2. The van der Waals surface area contributed by atoms with E-state index in [0.717, 1.165) is 12.8 Å². The summed E-state index contributed by atoms with van der Waals surface area (Å²) < 4.78 is 0. The second-order valence-electron chi connectivity index (χ2n) is 3.88. The molecule has 0 spiro atoms. The predicted molar refractivity (Wildman–Crippen MR) is 58.7 cm³/mol. The molecule has 5 heteroatoms. The third-order valence-corrected chi connectivity index (χ3v) is 2.70. The van der Waals surface area contributed by atoms with Crippen LogP contribution in [-0.2, 0) is 9.59 Å². The molecule has 1 aliphatic carbocycles. The molecule has 2 amide bonds. The smallest absolute Gasteiger partial charge is 0.239 e. The van der Waals surface area contributed by atoms with Crippen LogP contribution in [0.5, 0.6) is 0 Å². The van der Waals surface area contributed by atoms with E-state index in [1.54, 1.807) is 6.92 Å². The summed E-state index contributed by atoms with van der Waals surface area (Å²) in [6, 6.07) is 0.294. The Kier molecular flexibility index (Phi) is 4.88. The standard InChI is InChI=1S/C10H17ClN2O2/c1-7(11)10(15)12-6-9(14)13-8-4-2-3-5-8/h7-8H,2-6H2,1H3,(H,12,15)(H,13,14). The van der Waals surface area contributed by atoms with Gasteiger partial charge in [0.05, 0.1) is 6.54 Å². The Labute approximate surface area is 94.7 Å². The third kappa shape index (κ3) is 4.51. The van der Waals surface area contributed by atoms with E-state index in [0.29, 0.717) is 6.04 Å². The van der Waals surface area contributed by atoms with E-state index in [1.165, 1.54) is 12.8 Å². The molecule has 0 aliphatic heterocycles. The molecule has 1 saturated carbocycles. The maximum Gasteiger partial charge on any atom is 0.239 e. The minimum absolute atomic E-state index is 0.0202. The molecule has 0 saturated heterocycles. The van der Waals surface area contributed by atoms with Crippen LogP contribution in [0.25, 0.3) is 0 Å². The highest BCUT2D eigenvalue weighted by atomic mass is 35.5. The fourth-order valence-electron chi connectivity index (χ4n) is 1.66. The number of alkyl halides is 1. The highest BCUT2D eigenvalue weighted by molar-refractivity contribution is 6.30. The van der Waals surface area contributed by atoms with Crippen molar-refractivity contribution in [1.29, 1.82) is 0 Å². The van der Waals surface area contributed by atoms with Gasteiger partial charge in [0.25, 0.3) is 0 Å². The summed E-state index contributed by atoms with van der Waals surface area (Å²) >= 11 is 5.54. The van der Waals surface area contributed by atoms with E-state index in [9.17, 15) is 9.59 Å². The second-order valence-corrected chi connectivity index (χ2v) is 4.54. The Morgan fingerprint density at radius 1 is 1.40 bits per heavy atom. The van der Waals surface area contributed by atoms with Crippen molar-refractivity contribution in [2.24, 2.45) is 0 Å². The zero-order chi connectivity index (χ0) is 11.3. The van der Waals surface area contributed by atoms with Crippen LogP contribution in [0.3, 0.4) is 0 Å². The molecule has 15 heavy (non-hydrogen) atoms. The van der Waals surface area contributed by atoms with E-state index in [2.05, 4.69) is 10.6 Å². The molecule has 0 radical (unpaired) electrons. The van der Waals surface area contributed by atoms with Crippen molar-refractivity contribution in [3.63, 3.8) is 0 Å². The van der Waals surface area contributed by atoms with Gasteiger partial charge in [-0.05, 0) is 19.8 Å². The summed E-state index contributed by atoms with van der Waals surface area (Å²) in [4.78, 5) is 22.4. The lowest BCUT2D eigenvalue weighted by molar-refractivity contribution is -0.126. The van der Waals surface area contributed by atoms with Gasteiger partial charge in [0.15, 0.2) is 0 Å². The normalized spacial score (nSPS) is 18.5. The van der Waals surface area contributed by atoms with Crippen molar-refractivity contribution in [2.75, 3.05) is 6.54 Å². The number of nitrogens with one attached hydrogen (secondary N) is 2. The van der Waals surface area contributed by atoms with Gasteiger partial charge in [0.1, 0.15) is 5.38 Å². The molecule has 0 heterocycles. The highest BCUT2D eigenvalue weighted by Crippen LogP contribution is 2.17. The molecule has 1 aliphatic rings. The van der Waals surface area contributed by atoms with E-state index in [1.807, 2.05) is 0 Å². The maximum atomic E-state index is 11.4. The first-order valence-electron chi connectivity index (χ1n) is 5.30. The number of carbonyl (C=O) groups excluding carboxylic acids is 2. The summed E-state index contributed by atoms with van der Waals surface area (Å²) in [6.07, 6.45) is 4.45. The molecule has 1 atom stereocenters. The van der Waals surface area contributed by atoms with Gasteiger partial charge in [0.2, 0.25) is 11.8 Å². The highest BCUT2D eigenvalue weighted by Gasteiger charge is 2.17. The number of hydrogen-bond donors (Lipinski definition) is 2. The van der Waals surface area contributed by atoms with E-state index < -0.39 is 5.38 Å². The average Bonchev–Trinajstić information content (AvgIpc) is 2.66. The first kappa shape index (κ1) is 12.3. The molecule has 1 rings (SSSR count). The van der Waals surface area contributed by atoms with E-state index in [4.69, 9.17) is 11.6 Å². The third-order valence-electron chi connectivity index (χ3n) is 2.50. The lowest BCUT2D eigenvalue weighted by Gasteiger charge is -2.12. The van der Waals surface area contributed by atoms with Crippen LogP contribution >= 0.6 is 11.6 Å². The number of hydrogen-bond acceptors (Lipinski definition) is 2. The maximum absolute atomic E-state index is 11.4. The van der Waals surface area contributed by atoms with Gasteiger partial charge in [-0.1, -0.05) is 12.8 Å². The van der Waals surface area contributed by atoms with Crippen LogP contribution in [0.2, 0.25) is 0 Å². The van der Waals surface area contributed by atoms with Gasteiger partial charge in [-0.15, -0.1) is 11.6 Å². The minimum atomic E-state index is -0.593. The summed E-state index contributed by atoms with van der Waals surface area (Å²) in [5.41, 5.74) is 0. The van der Waals surface area contributed by atoms with Crippen LogP contribution in [0.1, 0.15) is 32.6 Å². The molecule has 0 aromatic carbocycles. The summed E-state index contributed by atoms with van der Waals surface area (Å²) in [6.45, 7) is 1.60. The lowest BCUT2D eigenvalue weighted by atomic mass is 10.2. The van der Waals surface area contributed by atoms with Crippen molar-refractivity contribution >= 4 is 23.4 Å². The number of amides is 2. The average molecular weight is 233 g/mol. The number of halogens is 1. The first-order chi connectivity index (χ1) is 7.09. The molecule has 86 valence electrons. The van der Waals surface area contributed by atoms with Gasteiger partial charge in [-0.3, -0.25) is 9.59 Å². The monoisotopic (exact) mass is 232 g/mol. The molecule has 2 N–H and O–H groups in total. The zero-order valence-corrected chi connectivity index (χ0v) is 9.64. The lowest BCUT2D eigenvalue weighted by Crippen LogP contribution is -2.42. The quantitative estimate of drug-likeness (QED) is 0.705.